The lowest BCUT2D eigenvalue weighted by atomic mass is 10.1. The van der Waals surface area contributed by atoms with E-state index in [2.05, 4.69) is 10.4 Å². The smallest absolute Gasteiger partial charge is 0.238 e. The van der Waals surface area contributed by atoms with Crippen molar-refractivity contribution in [1.29, 1.82) is 0 Å². The average molecular weight is 287 g/mol. The summed E-state index contributed by atoms with van der Waals surface area (Å²) in [5.41, 5.74) is 9.23. The van der Waals surface area contributed by atoms with Crippen LogP contribution in [0.3, 0.4) is 0 Å². The zero-order chi connectivity index (χ0) is 15.4. The van der Waals surface area contributed by atoms with Crippen molar-refractivity contribution in [3.8, 4) is 0 Å². The summed E-state index contributed by atoms with van der Waals surface area (Å²) in [7, 11) is 3.78. The fourth-order valence-corrected chi connectivity index (χ4v) is 2.14. The van der Waals surface area contributed by atoms with Crippen LogP contribution in [0.1, 0.15) is 11.1 Å². The Morgan fingerprint density at radius 3 is 2.90 bits per heavy atom. The van der Waals surface area contributed by atoms with E-state index in [-0.39, 0.29) is 5.91 Å². The van der Waals surface area contributed by atoms with Crippen molar-refractivity contribution in [1.82, 2.24) is 14.7 Å². The number of amides is 1. The third-order valence-electron chi connectivity index (χ3n) is 3.27. The van der Waals surface area contributed by atoms with Crippen LogP contribution in [0.2, 0.25) is 0 Å². The summed E-state index contributed by atoms with van der Waals surface area (Å²) in [6.45, 7) is 2.88. The molecule has 0 atom stereocenters. The van der Waals surface area contributed by atoms with Gasteiger partial charge in [-0.25, -0.2) is 0 Å². The van der Waals surface area contributed by atoms with Gasteiger partial charge in [0.15, 0.2) is 0 Å². The van der Waals surface area contributed by atoms with Crippen LogP contribution >= 0.6 is 0 Å². The number of aromatic nitrogens is 2. The Kier molecular flexibility index (Phi) is 4.59. The summed E-state index contributed by atoms with van der Waals surface area (Å²) >= 11 is 0. The molecule has 0 aliphatic carbocycles. The van der Waals surface area contributed by atoms with E-state index < -0.39 is 0 Å². The minimum atomic E-state index is -0.0601. The number of carbonyl (C=O) groups is 1. The van der Waals surface area contributed by atoms with Gasteiger partial charge in [-0.15, -0.1) is 0 Å². The Bertz CT molecular complexity index is 635. The third kappa shape index (κ3) is 4.06. The van der Waals surface area contributed by atoms with Crippen LogP contribution in [0.15, 0.2) is 30.6 Å². The second-order valence-electron chi connectivity index (χ2n) is 5.26. The van der Waals surface area contributed by atoms with Crippen molar-refractivity contribution in [2.24, 2.45) is 7.05 Å². The van der Waals surface area contributed by atoms with Gasteiger partial charge in [0, 0.05) is 36.7 Å². The molecule has 1 aromatic heterocycles. The highest BCUT2D eigenvalue weighted by molar-refractivity contribution is 5.93. The van der Waals surface area contributed by atoms with Gasteiger partial charge < -0.3 is 11.1 Å². The zero-order valence-corrected chi connectivity index (χ0v) is 12.6. The number of hydrogen-bond donors (Lipinski definition) is 2. The van der Waals surface area contributed by atoms with Gasteiger partial charge in [0.25, 0.3) is 0 Å². The quantitative estimate of drug-likeness (QED) is 0.815. The monoisotopic (exact) mass is 287 g/mol. The number of nitrogens with zero attached hydrogens (tertiary/aromatic N) is 3. The van der Waals surface area contributed by atoms with Crippen molar-refractivity contribution in [2.45, 2.75) is 13.5 Å². The number of anilines is 2. The number of nitrogen functional groups attached to an aromatic ring is 1. The first-order valence-electron chi connectivity index (χ1n) is 6.76. The van der Waals surface area contributed by atoms with E-state index in [1.54, 1.807) is 10.9 Å². The standard InChI is InChI=1S/C15H21N5O/c1-11-13(16)5-4-6-14(11)18-15(21)10-19(2)8-12-7-17-20(3)9-12/h4-7,9H,8,10,16H2,1-3H3,(H,18,21). The minimum Gasteiger partial charge on any atom is -0.398 e. The largest absolute Gasteiger partial charge is 0.398 e. The molecule has 2 aromatic rings. The second kappa shape index (κ2) is 6.41. The van der Waals surface area contributed by atoms with Crippen LogP contribution in [-0.2, 0) is 18.4 Å². The zero-order valence-electron chi connectivity index (χ0n) is 12.6. The molecule has 1 amide bonds. The maximum Gasteiger partial charge on any atom is 0.238 e. The number of rotatable bonds is 5. The summed E-state index contributed by atoms with van der Waals surface area (Å²) in [6.07, 6.45) is 3.74. The molecular weight excluding hydrogens is 266 g/mol. The van der Waals surface area contributed by atoms with E-state index in [1.165, 1.54) is 0 Å². The Hall–Kier alpha value is -2.34. The molecular formula is C15H21N5O. The van der Waals surface area contributed by atoms with Crippen LogP contribution < -0.4 is 11.1 Å². The predicted molar refractivity (Wildman–Crippen MR) is 83.8 cm³/mol. The number of aryl methyl sites for hydroxylation is 1. The van der Waals surface area contributed by atoms with Crippen molar-refractivity contribution < 1.29 is 4.79 Å². The van der Waals surface area contributed by atoms with Crippen molar-refractivity contribution >= 4 is 17.3 Å². The summed E-state index contributed by atoms with van der Waals surface area (Å²) in [6, 6.07) is 5.50. The fourth-order valence-electron chi connectivity index (χ4n) is 2.14. The number of nitrogens with one attached hydrogen (secondary N) is 1. The number of likely N-dealkylation sites (N-methyl/N-ethyl adjacent to an activating group) is 1. The summed E-state index contributed by atoms with van der Waals surface area (Å²) in [5.74, 6) is -0.0601. The van der Waals surface area contributed by atoms with Gasteiger partial charge >= 0.3 is 0 Å². The van der Waals surface area contributed by atoms with E-state index in [4.69, 9.17) is 5.73 Å². The molecule has 0 fully saturated rings. The highest BCUT2D eigenvalue weighted by Gasteiger charge is 2.10. The molecule has 3 N–H and O–H groups in total. The summed E-state index contributed by atoms with van der Waals surface area (Å²) in [4.78, 5) is 14.0. The van der Waals surface area contributed by atoms with Gasteiger partial charge in [-0.3, -0.25) is 14.4 Å². The van der Waals surface area contributed by atoms with Crippen LogP contribution in [0.25, 0.3) is 0 Å². The minimum absolute atomic E-state index is 0.0601. The number of hydrogen-bond acceptors (Lipinski definition) is 4. The van der Waals surface area contributed by atoms with Crippen LogP contribution in [0.4, 0.5) is 11.4 Å². The Morgan fingerprint density at radius 1 is 1.48 bits per heavy atom. The molecule has 0 unspecified atom stereocenters. The molecule has 2 rings (SSSR count). The number of carbonyl (C=O) groups excluding carboxylic acids is 1. The van der Waals surface area contributed by atoms with Gasteiger partial charge in [0.05, 0.1) is 12.7 Å². The normalized spacial score (nSPS) is 10.9. The first kappa shape index (κ1) is 15.1. The molecule has 0 radical (unpaired) electrons. The van der Waals surface area contributed by atoms with E-state index >= 15 is 0 Å². The van der Waals surface area contributed by atoms with E-state index in [1.807, 2.05) is 50.3 Å². The van der Waals surface area contributed by atoms with Crippen LogP contribution in [-0.4, -0.2) is 34.2 Å². The highest BCUT2D eigenvalue weighted by Crippen LogP contribution is 2.20. The molecule has 0 aliphatic rings. The van der Waals surface area contributed by atoms with Gasteiger partial charge in [0.1, 0.15) is 0 Å². The second-order valence-corrected chi connectivity index (χ2v) is 5.26. The molecule has 21 heavy (non-hydrogen) atoms. The molecule has 1 heterocycles. The molecule has 0 saturated carbocycles. The maximum absolute atomic E-state index is 12.1. The van der Waals surface area contributed by atoms with Gasteiger partial charge in [-0.1, -0.05) is 6.07 Å². The van der Waals surface area contributed by atoms with Gasteiger partial charge in [-0.05, 0) is 31.7 Å². The van der Waals surface area contributed by atoms with Gasteiger partial charge in [-0.2, -0.15) is 5.10 Å². The number of nitrogens with two attached hydrogens (primary N) is 1. The van der Waals surface area contributed by atoms with Crippen molar-refractivity contribution in [2.75, 3.05) is 24.6 Å². The maximum atomic E-state index is 12.1. The molecule has 6 heteroatoms. The average Bonchev–Trinajstić information content (AvgIpc) is 2.80. The molecule has 0 spiro atoms. The molecule has 0 aliphatic heterocycles. The van der Waals surface area contributed by atoms with Crippen molar-refractivity contribution in [3.05, 3.63) is 41.7 Å². The molecule has 6 nitrogen and oxygen atoms in total. The first-order chi connectivity index (χ1) is 9.95. The van der Waals surface area contributed by atoms with Crippen LogP contribution in [0.5, 0.6) is 0 Å². The summed E-state index contributed by atoms with van der Waals surface area (Å²) in [5, 5.41) is 7.00. The van der Waals surface area contributed by atoms with E-state index in [0.717, 1.165) is 16.8 Å². The first-order valence-corrected chi connectivity index (χ1v) is 6.76. The number of benzene rings is 1. The van der Waals surface area contributed by atoms with E-state index in [9.17, 15) is 4.79 Å². The van der Waals surface area contributed by atoms with Crippen LogP contribution in [0, 0.1) is 6.92 Å². The lowest BCUT2D eigenvalue weighted by molar-refractivity contribution is -0.117. The molecule has 1 aromatic carbocycles. The third-order valence-corrected chi connectivity index (χ3v) is 3.27. The summed E-state index contributed by atoms with van der Waals surface area (Å²) < 4.78 is 1.75. The SMILES string of the molecule is Cc1c(N)cccc1NC(=O)CN(C)Cc1cnn(C)c1. The molecule has 0 saturated heterocycles. The topological polar surface area (TPSA) is 76.2 Å². The fraction of sp³-hybridized carbons (Fsp3) is 0.333. The predicted octanol–water partition coefficient (Wildman–Crippen LogP) is 1.38. The Balaban J connectivity index is 1.90. The lowest BCUT2D eigenvalue weighted by Crippen LogP contribution is -2.30. The highest BCUT2D eigenvalue weighted by atomic mass is 16.2. The van der Waals surface area contributed by atoms with E-state index in [0.29, 0.717) is 18.8 Å². The lowest BCUT2D eigenvalue weighted by Gasteiger charge is -2.16. The molecule has 112 valence electrons. The van der Waals surface area contributed by atoms with Gasteiger partial charge in [0.2, 0.25) is 5.91 Å². The Labute approximate surface area is 124 Å². The molecule has 0 bridgehead atoms. The van der Waals surface area contributed by atoms with Crippen molar-refractivity contribution in [3.63, 3.8) is 0 Å². The Morgan fingerprint density at radius 2 is 2.24 bits per heavy atom.